The van der Waals surface area contributed by atoms with Gasteiger partial charge in [-0.05, 0) is 52.0 Å². The van der Waals surface area contributed by atoms with Gasteiger partial charge in [0.25, 0.3) is 0 Å². The van der Waals surface area contributed by atoms with Crippen LogP contribution in [-0.4, -0.2) is 6.54 Å². The Morgan fingerprint density at radius 1 is 1.43 bits per heavy atom. The molecule has 78 valence electrons. The van der Waals surface area contributed by atoms with Gasteiger partial charge in [-0.1, -0.05) is 31.5 Å². The molecule has 1 aromatic rings. The molecule has 0 bridgehead atoms. The second-order valence-electron chi connectivity index (χ2n) is 4.05. The van der Waals surface area contributed by atoms with Gasteiger partial charge in [0.1, 0.15) is 0 Å². The van der Waals surface area contributed by atoms with E-state index in [9.17, 15) is 0 Å². The lowest BCUT2D eigenvalue weighted by molar-refractivity contribution is 0.487. The van der Waals surface area contributed by atoms with Gasteiger partial charge in [0.2, 0.25) is 0 Å². The van der Waals surface area contributed by atoms with E-state index in [1.54, 1.807) is 0 Å². The van der Waals surface area contributed by atoms with E-state index >= 15 is 0 Å². The SMILES string of the molecule is CC(C)(CCN)c1ccc(Br)c(Cl)c1. The summed E-state index contributed by atoms with van der Waals surface area (Å²) in [5.41, 5.74) is 6.91. The van der Waals surface area contributed by atoms with Crippen LogP contribution in [0.5, 0.6) is 0 Å². The van der Waals surface area contributed by atoms with E-state index in [0.717, 1.165) is 15.9 Å². The molecule has 0 saturated heterocycles. The quantitative estimate of drug-likeness (QED) is 0.894. The highest BCUT2D eigenvalue weighted by Crippen LogP contribution is 2.31. The molecule has 0 aliphatic heterocycles. The minimum atomic E-state index is 0.0963. The van der Waals surface area contributed by atoms with Gasteiger partial charge in [-0.25, -0.2) is 0 Å². The molecule has 3 heteroatoms. The number of hydrogen-bond donors (Lipinski definition) is 1. The number of benzene rings is 1. The van der Waals surface area contributed by atoms with Crippen molar-refractivity contribution < 1.29 is 0 Å². The summed E-state index contributed by atoms with van der Waals surface area (Å²) in [5.74, 6) is 0. The average Bonchev–Trinajstić information content (AvgIpc) is 2.09. The minimum Gasteiger partial charge on any atom is -0.330 e. The Labute approximate surface area is 98.8 Å². The third kappa shape index (κ3) is 2.72. The van der Waals surface area contributed by atoms with Crippen molar-refractivity contribution in [2.45, 2.75) is 25.7 Å². The first-order valence-corrected chi connectivity index (χ1v) is 5.80. The zero-order valence-corrected chi connectivity index (χ0v) is 10.8. The van der Waals surface area contributed by atoms with Gasteiger partial charge < -0.3 is 5.73 Å². The van der Waals surface area contributed by atoms with E-state index < -0.39 is 0 Å². The molecular weight excluding hydrogens is 261 g/mol. The van der Waals surface area contributed by atoms with Crippen LogP contribution in [0, 0.1) is 0 Å². The van der Waals surface area contributed by atoms with Gasteiger partial charge in [-0.3, -0.25) is 0 Å². The van der Waals surface area contributed by atoms with Crippen molar-refractivity contribution in [1.82, 2.24) is 0 Å². The van der Waals surface area contributed by atoms with Crippen LogP contribution >= 0.6 is 27.5 Å². The van der Waals surface area contributed by atoms with Crippen molar-refractivity contribution in [3.8, 4) is 0 Å². The van der Waals surface area contributed by atoms with Crippen LogP contribution in [-0.2, 0) is 5.41 Å². The zero-order valence-electron chi connectivity index (χ0n) is 8.48. The molecule has 0 unspecified atom stereocenters. The van der Waals surface area contributed by atoms with Crippen LogP contribution in [0.25, 0.3) is 0 Å². The Morgan fingerprint density at radius 3 is 2.57 bits per heavy atom. The fraction of sp³-hybridized carbons (Fsp3) is 0.455. The van der Waals surface area contributed by atoms with Crippen LogP contribution in [0.2, 0.25) is 5.02 Å². The molecule has 0 aliphatic rings. The summed E-state index contributed by atoms with van der Waals surface area (Å²) < 4.78 is 0.937. The summed E-state index contributed by atoms with van der Waals surface area (Å²) in [5, 5.41) is 0.757. The van der Waals surface area contributed by atoms with Crippen molar-refractivity contribution in [2.75, 3.05) is 6.54 Å². The van der Waals surface area contributed by atoms with Gasteiger partial charge >= 0.3 is 0 Å². The molecule has 0 aliphatic carbocycles. The lowest BCUT2D eigenvalue weighted by atomic mass is 9.82. The summed E-state index contributed by atoms with van der Waals surface area (Å²) in [4.78, 5) is 0. The number of nitrogens with two attached hydrogens (primary N) is 1. The van der Waals surface area contributed by atoms with Crippen molar-refractivity contribution in [1.29, 1.82) is 0 Å². The van der Waals surface area contributed by atoms with E-state index in [0.29, 0.717) is 6.54 Å². The molecule has 0 heterocycles. The van der Waals surface area contributed by atoms with Crippen molar-refractivity contribution in [3.63, 3.8) is 0 Å². The molecule has 0 spiro atoms. The Hall–Kier alpha value is -0.0500. The number of hydrogen-bond acceptors (Lipinski definition) is 1. The smallest absolute Gasteiger partial charge is 0.0551 e. The van der Waals surface area contributed by atoms with E-state index in [1.807, 2.05) is 12.1 Å². The lowest BCUT2D eigenvalue weighted by Crippen LogP contribution is -2.21. The average molecular weight is 277 g/mol. The van der Waals surface area contributed by atoms with Gasteiger partial charge in [-0.15, -0.1) is 0 Å². The Balaban J connectivity index is 3.01. The molecule has 2 N–H and O–H groups in total. The summed E-state index contributed by atoms with van der Waals surface area (Å²) >= 11 is 9.42. The molecule has 0 radical (unpaired) electrons. The Kier molecular flexibility index (Phi) is 3.99. The highest BCUT2D eigenvalue weighted by molar-refractivity contribution is 9.10. The first kappa shape index (κ1) is 12.0. The Morgan fingerprint density at radius 2 is 2.07 bits per heavy atom. The largest absolute Gasteiger partial charge is 0.330 e. The lowest BCUT2D eigenvalue weighted by Gasteiger charge is -2.24. The minimum absolute atomic E-state index is 0.0963. The fourth-order valence-electron chi connectivity index (χ4n) is 1.42. The van der Waals surface area contributed by atoms with Gasteiger partial charge in [0, 0.05) is 4.47 Å². The van der Waals surface area contributed by atoms with E-state index in [4.69, 9.17) is 17.3 Å². The maximum atomic E-state index is 6.04. The van der Waals surface area contributed by atoms with Gasteiger partial charge in [0.15, 0.2) is 0 Å². The number of rotatable bonds is 3. The predicted octanol–water partition coefficient (Wildman–Crippen LogP) is 3.73. The predicted molar refractivity (Wildman–Crippen MR) is 65.8 cm³/mol. The maximum Gasteiger partial charge on any atom is 0.0551 e. The normalized spacial score (nSPS) is 11.8. The summed E-state index contributed by atoms with van der Waals surface area (Å²) in [6.45, 7) is 5.06. The molecule has 0 amide bonds. The third-order valence-electron chi connectivity index (χ3n) is 2.47. The maximum absolute atomic E-state index is 6.04. The Bertz CT molecular complexity index is 323. The van der Waals surface area contributed by atoms with Crippen molar-refractivity contribution in [2.24, 2.45) is 5.73 Å². The van der Waals surface area contributed by atoms with Crippen LogP contribution in [0.15, 0.2) is 22.7 Å². The van der Waals surface area contributed by atoms with Crippen LogP contribution in [0.1, 0.15) is 25.8 Å². The fourth-order valence-corrected chi connectivity index (χ4v) is 1.85. The van der Waals surface area contributed by atoms with Gasteiger partial charge in [0.05, 0.1) is 5.02 Å². The summed E-state index contributed by atoms with van der Waals surface area (Å²) in [6, 6.07) is 6.07. The van der Waals surface area contributed by atoms with Gasteiger partial charge in [-0.2, -0.15) is 0 Å². The van der Waals surface area contributed by atoms with E-state index in [2.05, 4.69) is 35.8 Å². The highest BCUT2D eigenvalue weighted by Gasteiger charge is 2.19. The molecule has 1 aromatic carbocycles. The highest BCUT2D eigenvalue weighted by atomic mass is 79.9. The van der Waals surface area contributed by atoms with E-state index in [-0.39, 0.29) is 5.41 Å². The summed E-state index contributed by atoms with van der Waals surface area (Å²) in [6.07, 6.45) is 0.963. The monoisotopic (exact) mass is 275 g/mol. The molecular formula is C11H15BrClN. The molecule has 1 rings (SSSR count). The molecule has 0 fully saturated rings. The zero-order chi connectivity index (χ0) is 10.8. The first-order valence-electron chi connectivity index (χ1n) is 4.63. The second kappa shape index (κ2) is 4.65. The van der Waals surface area contributed by atoms with Crippen molar-refractivity contribution >= 4 is 27.5 Å². The molecule has 0 atom stereocenters. The molecule has 14 heavy (non-hydrogen) atoms. The summed E-state index contributed by atoms with van der Waals surface area (Å²) in [7, 11) is 0. The van der Waals surface area contributed by atoms with E-state index in [1.165, 1.54) is 5.56 Å². The molecule has 0 aromatic heterocycles. The second-order valence-corrected chi connectivity index (χ2v) is 5.31. The van der Waals surface area contributed by atoms with Crippen LogP contribution in [0.4, 0.5) is 0 Å². The first-order chi connectivity index (χ1) is 6.47. The van der Waals surface area contributed by atoms with Crippen LogP contribution in [0.3, 0.4) is 0 Å². The van der Waals surface area contributed by atoms with Crippen LogP contribution < -0.4 is 5.73 Å². The molecule has 0 saturated carbocycles. The third-order valence-corrected chi connectivity index (χ3v) is 3.70. The molecule has 1 nitrogen and oxygen atoms in total. The topological polar surface area (TPSA) is 26.0 Å². The standard InChI is InChI=1S/C11H15BrClN/c1-11(2,5-6-14)8-3-4-9(12)10(13)7-8/h3-4,7H,5-6,14H2,1-2H3. The number of halogens is 2. The van der Waals surface area contributed by atoms with Crippen molar-refractivity contribution in [3.05, 3.63) is 33.3 Å².